The quantitative estimate of drug-likeness (QED) is 0.622. The molecule has 0 aliphatic carbocycles. The number of amides is 1. The van der Waals surface area contributed by atoms with Crippen molar-refractivity contribution >= 4 is 40.9 Å². The topological polar surface area (TPSA) is 51.7 Å². The van der Waals surface area contributed by atoms with Gasteiger partial charge in [0.15, 0.2) is 0 Å². The predicted molar refractivity (Wildman–Crippen MR) is 113 cm³/mol. The van der Waals surface area contributed by atoms with E-state index in [4.69, 9.17) is 32.7 Å². The number of pyridine rings is 1. The third kappa shape index (κ3) is 5.77. The maximum absolute atomic E-state index is 12.6. The van der Waals surface area contributed by atoms with Gasteiger partial charge in [-0.1, -0.05) is 23.2 Å². The molecule has 0 radical (unpaired) electrons. The van der Waals surface area contributed by atoms with Crippen LogP contribution in [0.25, 0.3) is 0 Å². The first-order chi connectivity index (χ1) is 13.4. The summed E-state index contributed by atoms with van der Waals surface area (Å²) in [6.07, 6.45) is 1.53. The second-order valence-corrected chi connectivity index (χ2v) is 8.43. The normalized spacial score (nSPS) is 16.9. The molecule has 5 nitrogen and oxygen atoms in total. The number of benzene rings is 1. The minimum atomic E-state index is -0.162. The molecular formula is C20H22Cl2N2O3S. The number of aryl methyl sites for hydroxylation is 2. The fourth-order valence-corrected chi connectivity index (χ4v) is 4.21. The average Bonchev–Trinajstić information content (AvgIpc) is 2.69. The van der Waals surface area contributed by atoms with Gasteiger partial charge in [-0.2, -0.15) is 0 Å². The molecule has 28 heavy (non-hydrogen) atoms. The number of nitrogens with zero attached hydrogens (tertiary/aromatic N) is 2. The van der Waals surface area contributed by atoms with Crippen molar-refractivity contribution in [1.82, 2.24) is 9.88 Å². The van der Waals surface area contributed by atoms with E-state index in [2.05, 4.69) is 4.98 Å². The van der Waals surface area contributed by atoms with Crippen LogP contribution in [0.15, 0.2) is 35.4 Å². The van der Waals surface area contributed by atoms with Gasteiger partial charge in [0.2, 0.25) is 5.91 Å². The summed E-state index contributed by atoms with van der Waals surface area (Å²) in [7, 11) is 0. The molecule has 8 heteroatoms. The summed E-state index contributed by atoms with van der Waals surface area (Å²) < 4.78 is 11.5. The van der Waals surface area contributed by atoms with Crippen molar-refractivity contribution in [2.75, 3.05) is 32.1 Å². The molecule has 1 saturated heterocycles. The number of hydrogen-bond donors (Lipinski definition) is 0. The Morgan fingerprint density at radius 1 is 1.32 bits per heavy atom. The molecule has 1 fully saturated rings. The van der Waals surface area contributed by atoms with Gasteiger partial charge < -0.3 is 14.4 Å². The Labute approximate surface area is 179 Å². The molecule has 0 N–H and O–H groups in total. The van der Waals surface area contributed by atoms with Crippen LogP contribution in [0.4, 0.5) is 0 Å². The minimum Gasteiger partial charge on any atom is -0.489 e. The first-order valence-electron chi connectivity index (χ1n) is 8.95. The summed E-state index contributed by atoms with van der Waals surface area (Å²) in [6, 6.07) is 7.40. The zero-order valence-corrected chi connectivity index (χ0v) is 18.1. The minimum absolute atomic E-state index is 0.0546. The number of rotatable bonds is 6. The molecular weight excluding hydrogens is 419 g/mol. The summed E-state index contributed by atoms with van der Waals surface area (Å²) in [5.41, 5.74) is 1.88. The predicted octanol–water partition coefficient (Wildman–Crippen LogP) is 4.40. The summed E-state index contributed by atoms with van der Waals surface area (Å²) in [5, 5.41) is 1.19. The third-order valence-corrected chi connectivity index (χ3v) is 6.25. The fraction of sp³-hybridized carbons (Fsp3) is 0.400. The molecule has 1 unspecified atom stereocenters. The van der Waals surface area contributed by atoms with Gasteiger partial charge in [-0.25, -0.2) is 0 Å². The van der Waals surface area contributed by atoms with Gasteiger partial charge in [0.25, 0.3) is 0 Å². The van der Waals surface area contributed by atoms with Crippen molar-refractivity contribution in [1.29, 1.82) is 0 Å². The second-order valence-electron chi connectivity index (χ2n) is 6.60. The van der Waals surface area contributed by atoms with Crippen LogP contribution < -0.4 is 4.74 Å². The van der Waals surface area contributed by atoms with Crippen LogP contribution in [0.5, 0.6) is 5.75 Å². The van der Waals surface area contributed by atoms with Crippen molar-refractivity contribution in [3.05, 3.63) is 51.8 Å². The van der Waals surface area contributed by atoms with Crippen molar-refractivity contribution < 1.29 is 14.3 Å². The van der Waals surface area contributed by atoms with Gasteiger partial charge in [0, 0.05) is 22.2 Å². The molecule has 1 aromatic carbocycles. The molecule has 2 aromatic rings. The molecule has 150 valence electrons. The Morgan fingerprint density at radius 3 is 2.89 bits per heavy atom. The van der Waals surface area contributed by atoms with E-state index in [-0.39, 0.29) is 12.0 Å². The monoisotopic (exact) mass is 440 g/mol. The lowest BCUT2D eigenvalue weighted by molar-refractivity contribution is -0.137. The second kappa shape index (κ2) is 9.83. The summed E-state index contributed by atoms with van der Waals surface area (Å²) in [5.74, 6) is 1.07. The number of aromatic nitrogens is 1. The van der Waals surface area contributed by atoms with Gasteiger partial charge in [-0.15, -0.1) is 11.8 Å². The maximum Gasteiger partial charge on any atom is 0.233 e. The number of carbonyl (C=O) groups excluding carboxylic acids is 1. The molecule has 1 amide bonds. The molecule has 2 heterocycles. The van der Waals surface area contributed by atoms with Crippen LogP contribution in [-0.2, 0) is 9.53 Å². The smallest absolute Gasteiger partial charge is 0.233 e. The maximum atomic E-state index is 12.6. The van der Waals surface area contributed by atoms with Gasteiger partial charge in [-0.3, -0.25) is 9.78 Å². The molecule has 1 aromatic heterocycles. The van der Waals surface area contributed by atoms with Crippen LogP contribution >= 0.6 is 35.0 Å². The zero-order chi connectivity index (χ0) is 20.1. The van der Waals surface area contributed by atoms with Gasteiger partial charge >= 0.3 is 0 Å². The number of ether oxygens (including phenoxy) is 2. The van der Waals surface area contributed by atoms with E-state index in [1.807, 2.05) is 36.9 Å². The van der Waals surface area contributed by atoms with E-state index in [1.54, 1.807) is 12.3 Å². The highest BCUT2D eigenvalue weighted by Crippen LogP contribution is 2.32. The summed E-state index contributed by atoms with van der Waals surface area (Å²) in [6.45, 7) is 5.80. The van der Waals surface area contributed by atoms with Crippen LogP contribution in [0.1, 0.15) is 11.3 Å². The molecule has 0 saturated carbocycles. The average molecular weight is 441 g/mol. The molecule has 3 rings (SSSR count). The number of halogens is 2. The van der Waals surface area contributed by atoms with Crippen molar-refractivity contribution in [2.45, 2.75) is 24.8 Å². The van der Waals surface area contributed by atoms with Crippen LogP contribution in [-0.4, -0.2) is 54.0 Å². The molecule has 1 aliphatic rings. The van der Waals surface area contributed by atoms with E-state index in [0.717, 1.165) is 16.2 Å². The first kappa shape index (κ1) is 21.2. The lowest BCUT2D eigenvalue weighted by Crippen LogP contribution is -2.48. The largest absolute Gasteiger partial charge is 0.489 e. The third-order valence-electron chi connectivity index (χ3n) is 4.38. The molecule has 0 spiro atoms. The van der Waals surface area contributed by atoms with Gasteiger partial charge in [0.1, 0.15) is 18.5 Å². The van der Waals surface area contributed by atoms with Gasteiger partial charge in [0.05, 0.1) is 30.1 Å². The Kier molecular flexibility index (Phi) is 7.46. The number of carbonyl (C=O) groups is 1. The van der Waals surface area contributed by atoms with Crippen LogP contribution in [0.3, 0.4) is 0 Å². The summed E-state index contributed by atoms with van der Waals surface area (Å²) >= 11 is 13.7. The Hall–Kier alpha value is -1.47. The standard InChI is InChI=1S/C20H22Cl2N2O3S/c1-13-7-19(18(22)8-17(13)21)28-12-20(25)24-5-6-26-16(10-24)11-27-15-4-3-14(2)23-9-15/h3-4,7-9,16H,5-6,10-12H2,1-2H3. The van der Waals surface area contributed by atoms with E-state index in [1.165, 1.54) is 11.8 Å². The fourth-order valence-electron chi connectivity index (χ4n) is 2.75. The van der Waals surface area contributed by atoms with Crippen LogP contribution in [0, 0.1) is 13.8 Å². The van der Waals surface area contributed by atoms with Crippen LogP contribution in [0.2, 0.25) is 10.0 Å². The number of morpholine rings is 1. The number of thioether (sulfide) groups is 1. The lowest BCUT2D eigenvalue weighted by Gasteiger charge is -2.32. The lowest BCUT2D eigenvalue weighted by atomic mass is 10.2. The first-order valence-corrected chi connectivity index (χ1v) is 10.7. The van der Waals surface area contributed by atoms with Crippen molar-refractivity contribution in [2.24, 2.45) is 0 Å². The Bertz CT molecular complexity index is 833. The number of hydrogen-bond acceptors (Lipinski definition) is 5. The molecule has 1 aliphatic heterocycles. The van der Waals surface area contributed by atoms with Gasteiger partial charge in [-0.05, 0) is 43.7 Å². The summed E-state index contributed by atoms with van der Waals surface area (Å²) in [4.78, 5) is 19.5. The Balaban J connectivity index is 1.50. The highest BCUT2D eigenvalue weighted by atomic mass is 35.5. The Morgan fingerprint density at radius 2 is 2.14 bits per heavy atom. The molecule has 0 bridgehead atoms. The van der Waals surface area contributed by atoms with E-state index < -0.39 is 0 Å². The molecule has 1 atom stereocenters. The van der Waals surface area contributed by atoms with E-state index in [9.17, 15) is 4.79 Å². The SMILES string of the molecule is Cc1ccc(OCC2CN(C(=O)CSc3cc(C)c(Cl)cc3Cl)CCO2)cn1. The highest BCUT2D eigenvalue weighted by molar-refractivity contribution is 8.00. The van der Waals surface area contributed by atoms with Crippen molar-refractivity contribution in [3.8, 4) is 5.75 Å². The van der Waals surface area contributed by atoms with E-state index >= 15 is 0 Å². The highest BCUT2D eigenvalue weighted by Gasteiger charge is 2.25. The zero-order valence-electron chi connectivity index (χ0n) is 15.8. The van der Waals surface area contributed by atoms with E-state index in [0.29, 0.717) is 47.9 Å². The van der Waals surface area contributed by atoms with Crippen molar-refractivity contribution in [3.63, 3.8) is 0 Å².